The van der Waals surface area contributed by atoms with Gasteiger partial charge in [0, 0.05) is 6.92 Å². The number of nitrogens with one attached hydrogen (secondary N) is 1. The number of carbonyl (C=O) groups is 2. The van der Waals surface area contributed by atoms with Crippen LogP contribution in [0, 0.1) is 0 Å². The smallest absolute Gasteiger partial charge is 0.335 e. The van der Waals surface area contributed by atoms with Crippen LogP contribution in [-0.2, 0) is 4.79 Å². The first-order valence-electron chi connectivity index (χ1n) is 3.91. The van der Waals surface area contributed by atoms with Crippen molar-refractivity contribution in [3.05, 3.63) is 23.8 Å². The Balaban J connectivity index is 3.08. The number of carboxylic acids is 1. The molecule has 1 aromatic rings. The van der Waals surface area contributed by atoms with Crippen molar-refractivity contribution in [2.75, 3.05) is 11.1 Å². The molecule has 0 aromatic heterocycles. The number of amides is 1. The van der Waals surface area contributed by atoms with Gasteiger partial charge in [0.2, 0.25) is 5.91 Å². The summed E-state index contributed by atoms with van der Waals surface area (Å²) in [6.07, 6.45) is 0. The van der Waals surface area contributed by atoms with E-state index < -0.39 is 5.97 Å². The Kier molecular flexibility index (Phi) is 2.71. The monoisotopic (exact) mass is 194 g/mol. The van der Waals surface area contributed by atoms with E-state index in [4.69, 9.17) is 10.8 Å². The molecular formula is C9H10N2O3. The van der Waals surface area contributed by atoms with Gasteiger partial charge in [-0.3, -0.25) is 4.79 Å². The van der Waals surface area contributed by atoms with Gasteiger partial charge in [-0.2, -0.15) is 0 Å². The highest BCUT2D eigenvalue weighted by molar-refractivity contribution is 5.96. The van der Waals surface area contributed by atoms with E-state index in [1.807, 2.05) is 0 Å². The van der Waals surface area contributed by atoms with Crippen LogP contribution in [0.4, 0.5) is 11.4 Å². The summed E-state index contributed by atoms with van der Waals surface area (Å²) in [7, 11) is 0. The van der Waals surface area contributed by atoms with Crippen molar-refractivity contribution < 1.29 is 14.7 Å². The number of rotatable bonds is 2. The number of benzene rings is 1. The molecule has 74 valence electrons. The standard InChI is InChI=1S/C9H10N2O3/c1-5(12)11-8-4-6(9(13)14)2-3-7(8)10/h2-4H,10H2,1H3,(H,11,12)(H,13,14). The maximum absolute atomic E-state index is 10.7. The molecule has 0 heterocycles. The van der Waals surface area contributed by atoms with Gasteiger partial charge in [0.05, 0.1) is 16.9 Å². The van der Waals surface area contributed by atoms with E-state index in [9.17, 15) is 9.59 Å². The third kappa shape index (κ3) is 2.22. The fraction of sp³-hybridized carbons (Fsp3) is 0.111. The summed E-state index contributed by atoms with van der Waals surface area (Å²) >= 11 is 0. The first-order valence-corrected chi connectivity index (χ1v) is 3.91. The molecule has 4 N–H and O–H groups in total. The SMILES string of the molecule is CC(=O)Nc1cc(C(=O)O)ccc1N. The number of aromatic carboxylic acids is 1. The van der Waals surface area contributed by atoms with Crippen LogP contribution in [0.15, 0.2) is 18.2 Å². The lowest BCUT2D eigenvalue weighted by Crippen LogP contribution is -2.09. The molecule has 5 nitrogen and oxygen atoms in total. The molecule has 0 fully saturated rings. The van der Waals surface area contributed by atoms with Crippen LogP contribution >= 0.6 is 0 Å². The third-order valence-electron chi connectivity index (χ3n) is 1.61. The van der Waals surface area contributed by atoms with Crippen molar-refractivity contribution in [3.8, 4) is 0 Å². The lowest BCUT2D eigenvalue weighted by Gasteiger charge is -2.06. The molecular weight excluding hydrogens is 184 g/mol. The maximum atomic E-state index is 10.7. The quantitative estimate of drug-likeness (QED) is 0.610. The van der Waals surface area contributed by atoms with Gasteiger partial charge >= 0.3 is 5.97 Å². The first kappa shape index (κ1) is 10.0. The van der Waals surface area contributed by atoms with Crippen LogP contribution in [-0.4, -0.2) is 17.0 Å². The van der Waals surface area contributed by atoms with Crippen LogP contribution in [0.5, 0.6) is 0 Å². The summed E-state index contributed by atoms with van der Waals surface area (Å²) in [5.41, 5.74) is 6.27. The van der Waals surface area contributed by atoms with Crippen molar-refractivity contribution in [2.24, 2.45) is 0 Å². The highest BCUT2D eigenvalue weighted by atomic mass is 16.4. The zero-order chi connectivity index (χ0) is 10.7. The van der Waals surface area contributed by atoms with Gasteiger partial charge in [-0.05, 0) is 18.2 Å². The normalized spacial score (nSPS) is 9.50. The summed E-state index contributed by atoms with van der Waals surface area (Å²) in [5.74, 6) is -1.35. The molecule has 0 spiro atoms. The van der Waals surface area contributed by atoms with E-state index in [2.05, 4.69) is 5.32 Å². The number of anilines is 2. The molecule has 1 rings (SSSR count). The molecule has 0 aliphatic rings. The predicted molar refractivity (Wildman–Crippen MR) is 52.1 cm³/mol. The van der Waals surface area contributed by atoms with Gasteiger partial charge in [-0.15, -0.1) is 0 Å². The van der Waals surface area contributed by atoms with Crippen molar-refractivity contribution in [1.82, 2.24) is 0 Å². The van der Waals surface area contributed by atoms with Gasteiger partial charge in [0.1, 0.15) is 0 Å². The van der Waals surface area contributed by atoms with E-state index >= 15 is 0 Å². The Morgan fingerprint density at radius 2 is 2.07 bits per heavy atom. The molecule has 0 aliphatic heterocycles. The molecule has 5 heteroatoms. The number of hydrogen-bond acceptors (Lipinski definition) is 3. The minimum Gasteiger partial charge on any atom is -0.478 e. The fourth-order valence-electron chi connectivity index (χ4n) is 0.987. The molecule has 0 bridgehead atoms. The Morgan fingerprint density at radius 1 is 1.43 bits per heavy atom. The average molecular weight is 194 g/mol. The molecule has 0 atom stereocenters. The minimum atomic E-state index is -1.06. The van der Waals surface area contributed by atoms with Gasteiger partial charge < -0.3 is 16.2 Å². The Bertz CT molecular complexity index is 388. The second kappa shape index (κ2) is 3.78. The minimum absolute atomic E-state index is 0.0861. The van der Waals surface area contributed by atoms with Gasteiger partial charge in [-0.1, -0.05) is 0 Å². The summed E-state index contributed by atoms with van der Waals surface area (Å²) in [4.78, 5) is 21.3. The fourth-order valence-corrected chi connectivity index (χ4v) is 0.987. The average Bonchev–Trinajstić information content (AvgIpc) is 2.07. The molecule has 0 unspecified atom stereocenters. The highest BCUT2D eigenvalue weighted by Crippen LogP contribution is 2.19. The molecule has 0 aliphatic carbocycles. The van der Waals surface area contributed by atoms with Crippen molar-refractivity contribution >= 4 is 23.3 Å². The van der Waals surface area contributed by atoms with Gasteiger partial charge in [0.25, 0.3) is 0 Å². The van der Waals surface area contributed by atoms with Crippen LogP contribution in [0.25, 0.3) is 0 Å². The Labute approximate surface area is 80.5 Å². The van der Waals surface area contributed by atoms with Crippen LogP contribution in [0.2, 0.25) is 0 Å². The zero-order valence-corrected chi connectivity index (χ0v) is 7.57. The second-order valence-corrected chi connectivity index (χ2v) is 2.79. The summed E-state index contributed by atoms with van der Waals surface area (Å²) in [6, 6.07) is 4.14. The van der Waals surface area contributed by atoms with Gasteiger partial charge in [-0.25, -0.2) is 4.79 Å². The number of hydrogen-bond donors (Lipinski definition) is 3. The van der Waals surface area contributed by atoms with E-state index in [0.717, 1.165) is 0 Å². The number of carboxylic acid groups (broad SMARTS) is 1. The van der Waals surface area contributed by atoms with E-state index in [1.54, 1.807) is 0 Å². The summed E-state index contributed by atoms with van der Waals surface area (Å²) in [6.45, 7) is 1.33. The number of nitrogens with two attached hydrogens (primary N) is 1. The largest absolute Gasteiger partial charge is 0.478 e. The lowest BCUT2D eigenvalue weighted by atomic mass is 10.1. The highest BCUT2D eigenvalue weighted by Gasteiger charge is 2.07. The Morgan fingerprint density at radius 3 is 2.57 bits per heavy atom. The molecule has 0 saturated heterocycles. The number of carbonyl (C=O) groups excluding carboxylic acids is 1. The lowest BCUT2D eigenvalue weighted by molar-refractivity contribution is -0.114. The first-order chi connectivity index (χ1) is 6.50. The molecule has 0 saturated carbocycles. The van der Waals surface area contributed by atoms with Crippen LogP contribution in [0.3, 0.4) is 0 Å². The third-order valence-corrected chi connectivity index (χ3v) is 1.61. The van der Waals surface area contributed by atoms with Gasteiger partial charge in [0.15, 0.2) is 0 Å². The molecule has 1 aromatic carbocycles. The van der Waals surface area contributed by atoms with E-state index in [-0.39, 0.29) is 11.5 Å². The predicted octanol–water partition coefficient (Wildman–Crippen LogP) is 0.925. The topological polar surface area (TPSA) is 92.4 Å². The van der Waals surface area contributed by atoms with Crippen molar-refractivity contribution in [3.63, 3.8) is 0 Å². The molecule has 0 radical (unpaired) electrons. The maximum Gasteiger partial charge on any atom is 0.335 e. The number of nitrogen functional groups attached to an aromatic ring is 1. The second-order valence-electron chi connectivity index (χ2n) is 2.79. The van der Waals surface area contributed by atoms with Crippen LogP contribution in [0.1, 0.15) is 17.3 Å². The van der Waals surface area contributed by atoms with Crippen LogP contribution < -0.4 is 11.1 Å². The van der Waals surface area contributed by atoms with E-state index in [0.29, 0.717) is 11.4 Å². The Hall–Kier alpha value is -2.04. The molecule has 14 heavy (non-hydrogen) atoms. The zero-order valence-electron chi connectivity index (χ0n) is 7.57. The van der Waals surface area contributed by atoms with Crippen molar-refractivity contribution in [1.29, 1.82) is 0 Å². The summed E-state index contributed by atoms with van der Waals surface area (Å²) in [5, 5.41) is 11.1. The van der Waals surface area contributed by atoms with E-state index in [1.165, 1.54) is 25.1 Å². The van der Waals surface area contributed by atoms with Crippen molar-refractivity contribution in [2.45, 2.75) is 6.92 Å². The summed E-state index contributed by atoms with van der Waals surface area (Å²) < 4.78 is 0. The molecule has 1 amide bonds.